The van der Waals surface area contributed by atoms with Crippen molar-refractivity contribution in [3.05, 3.63) is 35.4 Å². The minimum Gasteiger partial charge on any atom is -0.391 e. The average Bonchev–Trinajstić information content (AvgIpc) is 3.26. The summed E-state index contributed by atoms with van der Waals surface area (Å²) in [5.74, 6) is -0.227. The summed E-state index contributed by atoms with van der Waals surface area (Å²) in [5, 5.41) is 14.8. The molecule has 1 atom stereocenters. The number of carbonyl (C=O) groups is 2. The standard InChI is InChI=1S/C15H20N2O3/c1-10-3-2-4-12(7-10)15(20)17-9-14(19)16-8-13(18)11-5-6-11/h2-4,7,11,13,18H,5-6,8-9H2,1H3,(H,16,19)(H,17,20). The van der Waals surface area contributed by atoms with Crippen molar-refractivity contribution in [1.82, 2.24) is 10.6 Å². The number of aliphatic hydroxyl groups excluding tert-OH is 1. The summed E-state index contributed by atoms with van der Waals surface area (Å²) in [5.41, 5.74) is 1.53. The second-order valence-electron chi connectivity index (χ2n) is 5.26. The Labute approximate surface area is 118 Å². The summed E-state index contributed by atoms with van der Waals surface area (Å²) in [6, 6.07) is 7.18. The molecule has 1 fully saturated rings. The van der Waals surface area contributed by atoms with Crippen LogP contribution in [0.15, 0.2) is 24.3 Å². The Bertz CT molecular complexity index is 498. The van der Waals surface area contributed by atoms with Crippen molar-refractivity contribution in [1.29, 1.82) is 0 Å². The molecule has 1 unspecified atom stereocenters. The molecule has 20 heavy (non-hydrogen) atoms. The first-order valence-corrected chi connectivity index (χ1v) is 6.86. The molecule has 0 radical (unpaired) electrons. The van der Waals surface area contributed by atoms with Crippen molar-refractivity contribution in [3.63, 3.8) is 0 Å². The molecule has 0 saturated heterocycles. The van der Waals surface area contributed by atoms with Crippen LogP contribution >= 0.6 is 0 Å². The Hall–Kier alpha value is -1.88. The van der Waals surface area contributed by atoms with E-state index in [1.54, 1.807) is 18.2 Å². The van der Waals surface area contributed by atoms with Gasteiger partial charge in [0.25, 0.3) is 5.91 Å². The van der Waals surface area contributed by atoms with Gasteiger partial charge in [0.15, 0.2) is 0 Å². The lowest BCUT2D eigenvalue weighted by molar-refractivity contribution is -0.120. The van der Waals surface area contributed by atoms with E-state index < -0.39 is 6.10 Å². The van der Waals surface area contributed by atoms with Gasteiger partial charge >= 0.3 is 0 Å². The lowest BCUT2D eigenvalue weighted by atomic mass is 10.1. The lowest BCUT2D eigenvalue weighted by Gasteiger charge is -2.11. The van der Waals surface area contributed by atoms with Crippen molar-refractivity contribution in [2.75, 3.05) is 13.1 Å². The van der Waals surface area contributed by atoms with E-state index in [2.05, 4.69) is 10.6 Å². The molecule has 2 amide bonds. The summed E-state index contributed by atoms with van der Waals surface area (Å²) >= 11 is 0. The molecule has 5 heteroatoms. The van der Waals surface area contributed by atoms with E-state index >= 15 is 0 Å². The molecular weight excluding hydrogens is 256 g/mol. The van der Waals surface area contributed by atoms with E-state index in [0.29, 0.717) is 11.5 Å². The molecule has 1 aromatic carbocycles. The quantitative estimate of drug-likeness (QED) is 0.712. The number of nitrogens with one attached hydrogen (secondary N) is 2. The number of carbonyl (C=O) groups excluding carboxylic acids is 2. The monoisotopic (exact) mass is 276 g/mol. The Balaban J connectivity index is 1.71. The van der Waals surface area contributed by atoms with Crippen molar-refractivity contribution >= 4 is 11.8 Å². The van der Waals surface area contributed by atoms with Gasteiger partial charge in [-0.3, -0.25) is 9.59 Å². The predicted molar refractivity (Wildman–Crippen MR) is 75.3 cm³/mol. The van der Waals surface area contributed by atoms with Crippen LogP contribution in [0.2, 0.25) is 0 Å². The first-order chi connectivity index (χ1) is 9.56. The highest BCUT2D eigenvalue weighted by atomic mass is 16.3. The number of aliphatic hydroxyl groups is 1. The average molecular weight is 276 g/mol. The van der Waals surface area contributed by atoms with E-state index in [4.69, 9.17) is 0 Å². The molecule has 0 heterocycles. The van der Waals surface area contributed by atoms with Gasteiger partial charge in [0, 0.05) is 12.1 Å². The molecule has 0 aromatic heterocycles. The Morgan fingerprint density at radius 3 is 2.75 bits per heavy atom. The fourth-order valence-corrected chi connectivity index (χ4v) is 1.98. The van der Waals surface area contributed by atoms with Gasteiger partial charge < -0.3 is 15.7 Å². The highest BCUT2D eigenvalue weighted by Gasteiger charge is 2.29. The molecule has 1 aromatic rings. The van der Waals surface area contributed by atoms with Crippen molar-refractivity contribution in [2.24, 2.45) is 5.92 Å². The number of rotatable bonds is 6. The topological polar surface area (TPSA) is 78.4 Å². The van der Waals surface area contributed by atoms with Crippen LogP contribution < -0.4 is 10.6 Å². The van der Waals surface area contributed by atoms with Crippen LogP contribution in [-0.2, 0) is 4.79 Å². The Morgan fingerprint density at radius 1 is 1.35 bits per heavy atom. The number of benzene rings is 1. The third kappa shape index (κ3) is 4.35. The summed E-state index contributed by atoms with van der Waals surface area (Å²) in [6.45, 7) is 2.08. The van der Waals surface area contributed by atoms with Crippen molar-refractivity contribution < 1.29 is 14.7 Å². The van der Waals surface area contributed by atoms with Gasteiger partial charge in [0.1, 0.15) is 0 Å². The molecule has 1 aliphatic rings. The summed E-state index contributed by atoms with van der Waals surface area (Å²) in [7, 11) is 0. The van der Waals surface area contributed by atoms with Gasteiger partial charge in [-0.15, -0.1) is 0 Å². The summed E-state index contributed by atoms with van der Waals surface area (Å²) in [4.78, 5) is 23.4. The van der Waals surface area contributed by atoms with E-state index in [-0.39, 0.29) is 24.9 Å². The minimum absolute atomic E-state index is 0.0792. The third-order valence-corrected chi connectivity index (χ3v) is 3.36. The van der Waals surface area contributed by atoms with Crippen molar-refractivity contribution in [2.45, 2.75) is 25.9 Å². The molecule has 0 aliphatic heterocycles. The zero-order valence-corrected chi connectivity index (χ0v) is 11.6. The highest BCUT2D eigenvalue weighted by Crippen LogP contribution is 2.32. The fraction of sp³-hybridized carbons (Fsp3) is 0.467. The second-order valence-corrected chi connectivity index (χ2v) is 5.26. The maximum absolute atomic E-state index is 11.8. The van der Waals surface area contributed by atoms with Gasteiger partial charge in [-0.05, 0) is 37.8 Å². The summed E-state index contributed by atoms with van der Waals surface area (Å²) < 4.78 is 0. The molecular formula is C15H20N2O3. The second kappa shape index (κ2) is 6.52. The van der Waals surface area contributed by atoms with Crippen LogP contribution in [0.4, 0.5) is 0 Å². The van der Waals surface area contributed by atoms with Crippen LogP contribution in [0, 0.1) is 12.8 Å². The van der Waals surface area contributed by atoms with Gasteiger partial charge in [-0.2, -0.15) is 0 Å². The normalized spacial score (nSPS) is 15.5. The first kappa shape index (κ1) is 14.5. The van der Waals surface area contributed by atoms with E-state index in [1.165, 1.54) is 0 Å². The number of hydrogen-bond acceptors (Lipinski definition) is 3. The third-order valence-electron chi connectivity index (χ3n) is 3.36. The number of hydrogen-bond donors (Lipinski definition) is 3. The van der Waals surface area contributed by atoms with Gasteiger partial charge in [0.05, 0.1) is 12.6 Å². The summed E-state index contributed by atoms with van der Waals surface area (Å²) in [6.07, 6.45) is 1.59. The Morgan fingerprint density at radius 2 is 2.10 bits per heavy atom. The molecule has 108 valence electrons. The van der Waals surface area contributed by atoms with Crippen LogP contribution in [0.25, 0.3) is 0 Å². The van der Waals surface area contributed by atoms with Gasteiger partial charge in [-0.25, -0.2) is 0 Å². The SMILES string of the molecule is Cc1cccc(C(=O)NCC(=O)NCC(O)C2CC2)c1. The highest BCUT2D eigenvalue weighted by molar-refractivity contribution is 5.96. The largest absolute Gasteiger partial charge is 0.391 e. The van der Waals surface area contributed by atoms with E-state index in [9.17, 15) is 14.7 Å². The molecule has 1 aliphatic carbocycles. The molecule has 2 rings (SSSR count). The van der Waals surface area contributed by atoms with Crippen LogP contribution in [0.5, 0.6) is 0 Å². The first-order valence-electron chi connectivity index (χ1n) is 6.86. The van der Waals surface area contributed by atoms with Crippen molar-refractivity contribution in [3.8, 4) is 0 Å². The molecule has 1 saturated carbocycles. The molecule has 0 spiro atoms. The number of amides is 2. The zero-order valence-electron chi connectivity index (χ0n) is 11.6. The Kier molecular flexibility index (Phi) is 4.74. The molecule has 3 N–H and O–H groups in total. The number of aryl methyl sites for hydroxylation is 1. The van der Waals surface area contributed by atoms with E-state index in [0.717, 1.165) is 18.4 Å². The molecule has 0 bridgehead atoms. The maximum Gasteiger partial charge on any atom is 0.251 e. The van der Waals surface area contributed by atoms with Crippen LogP contribution in [0.3, 0.4) is 0 Å². The van der Waals surface area contributed by atoms with Gasteiger partial charge in [-0.1, -0.05) is 17.7 Å². The smallest absolute Gasteiger partial charge is 0.251 e. The minimum atomic E-state index is -0.466. The van der Waals surface area contributed by atoms with Crippen LogP contribution in [0.1, 0.15) is 28.8 Å². The lowest BCUT2D eigenvalue weighted by Crippen LogP contribution is -2.40. The zero-order chi connectivity index (χ0) is 14.5. The molecule has 5 nitrogen and oxygen atoms in total. The van der Waals surface area contributed by atoms with E-state index in [1.807, 2.05) is 13.0 Å². The maximum atomic E-state index is 11.8. The van der Waals surface area contributed by atoms with Crippen LogP contribution in [-0.4, -0.2) is 36.1 Å². The van der Waals surface area contributed by atoms with Gasteiger partial charge in [0.2, 0.25) is 5.91 Å². The predicted octanol–water partition coefficient (Wildman–Crippen LogP) is 0.612. The fourth-order valence-electron chi connectivity index (χ4n) is 1.98.